The van der Waals surface area contributed by atoms with E-state index in [2.05, 4.69) is 15.5 Å². The Balaban J connectivity index is 2.14. The molecule has 2 aromatic rings. The number of carbonyl (C=O) groups is 2. The number of aromatic nitrogens is 2. The van der Waals surface area contributed by atoms with Gasteiger partial charge < -0.3 is 10.1 Å². The number of esters is 1. The van der Waals surface area contributed by atoms with Gasteiger partial charge in [0, 0.05) is 5.69 Å². The second-order valence-corrected chi connectivity index (χ2v) is 6.54. The number of aromatic amines is 1. The average Bonchev–Trinajstić information content (AvgIpc) is 3.04. The minimum Gasteiger partial charge on any atom is -0.463 e. The van der Waals surface area contributed by atoms with Crippen molar-refractivity contribution in [3.05, 3.63) is 53.3 Å². The normalized spacial score (nSPS) is 12.2. The van der Waals surface area contributed by atoms with Crippen LogP contribution in [-0.4, -0.2) is 28.2 Å². The molecule has 0 radical (unpaired) electrons. The van der Waals surface area contributed by atoms with Gasteiger partial charge in [-0.25, -0.2) is 0 Å². The summed E-state index contributed by atoms with van der Waals surface area (Å²) < 4.78 is 5.21. The maximum Gasteiger partial charge on any atom is 0.308 e. The first kappa shape index (κ1) is 18.7. The first-order valence-electron chi connectivity index (χ1n) is 8.47. The first-order valence-corrected chi connectivity index (χ1v) is 8.47. The van der Waals surface area contributed by atoms with Gasteiger partial charge in [0.05, 0.1) is 18.6 Å². The van der Waals surface area contributed by atoms with Crippen LogP contribution in [0.15, 0.2) is 36.4 Å². The number of nitrogens with one attached hydrogen (secondary N) is 2. The van der Waals surface area contributed by atoms with Crippen LogP contribution in [0.2, 0.25) is 0 Å². The van der Waals surface area contributed by atoms with Crippen molar-refractivity contribution in [3.8, 4) is 0 Å². The van der Waals surface area contributed by atoms with Crippen LogP contribution in [0, 0.1) is 0 Å². The van der Waals surface area contributed by atoms with Crippen LogP contribution in [0.4, 0.5) is 0 Å². The molecule has 0 saturated heterocycles. The summed E-state index contributed by atoms with van der Waals surface area (Å²) >= 11 is 0. The zero-order chi connectivity index (χ0) is 18.4. The summed E-state index contributed by atoms with van der Waals surface area (Å²) in [4.78, 5) is 24.6. The fourth-order valence-corrected chi connectivity index (χ4v) is 2.40. The Kier molecular flexibility index (Phi) is 6.33. The second-order valence-electron chi connectivity index (χ2n) is 6.54. The molecule has 1 aromatic carbocycles. The molecule has 0 bridgehead atoms. The summed E-state index contributed by atoms with van der Waals surface area (Å²) in [6, 6.07) is 10.6. The Morgan fingerprint density at radius 1 is 1.16 bits per heavy atom. The predicted molar refractivity (Wildman–Crippen MR) is 95.2 cm³/mol. The largest absolute Gasteiger partial charge is 0.463 e. The molecule has 2 N–H and O–H groups in total. The Morgan fingerprint density at radius 2 is 1.84 bits per heavy atom. The van der Waals surface area contributed by atoms with Crippen molar-refractivity contribution in [3.63, 3.8) is 0 Å². The van der Waals surface area contributed by atoms with Crippen LogP contribution in [0.1, 0.15) is 67.8 Å². The molecule has 0 spiro atoms. The van der Waals surface area contributed by atoms with Crippen molar-refractivity contribution in [2.24, 2.45) is 0 Å². The molecule has 0 aliphatic carbocycles. The summed E-state index contributed by atoms with van der Waals surface area (Å²) in [6.07, 6.45) is -0.130. The molecule has 1 atom stereocenters. The van der Waals surface area contributed by atoms with Gasteiger partial charge in [-0.1, -0.05) is 44.2 Å². The number of H-pyrrole nitrogens is 1. The third-order valence-electron chi connectivity index (χ3n) is 3.70. The van der Waals surface area contributed by atoms with Gasteiger partial charge >= 0.3 is 5.97 Å². The zero-order valence-electron chi connectivity index (χ0n) is 15.1. The van der Waals surface area contributed by atoms with Crippen LogP contribution in [0.3, 0.4) is 0 Å². The molecule has 25 heavy (non-hydrogen) atoms. The summed E-state index contributed by atoms with van der Waals surface area (Å²) in [6.45, 7) is 7.63. The fourth-order valence-electron chi connectivity index (χ4n) is 2.40. The lowest BCUT2D eigenvalue weighted by molar-refractivity contribution is -0.147. The van der Waals surface area contributed by atoms with Crippen molar-refractivity contribution in [2.75, 3.05) is 0 Å². The van der Waals surface area contributed by atoms with E-state index >= 15 is 0 Å². The number of rotatable bonds is 7. The number of amides is 1. The zero-order valence-corrected chi connectivity index (χ0v) is 15.1. The standard InChI is InChI=1S/C19H25N3O3/c1-12(2)15-10-17(22-21-15)19(24)20-16(11-18(23)25-13(3)4)14-8-6-5-7-9-14/h5-10,12-13,16H,11H2,1-4H3,(H,20,24)(H,21,22). The van der Waals surface area contributed by atoms with E-state index < -0.39 is 6.04 Å². The molecule has 6 heteroatoms. The summed E-state index contributed by atoms with van der Waals surface area (Å²) in [5, 5.41) is 9.81. The Labute approximate surface area is 148 Å². The minimum atomic E-state index is -0.473. The van der Waals surface area contributed by atoms with E-state index in [0.717, 1.165) is 11.3 Å². The molecule has 0 aliphatic rings. The highest BCUT2D eigenvalue weighted by Gasteiger charge is 2.22. The summed E-state index contributed by atoms with van der Waals surface area (Å²) in [7, 11) is 0. The number of benzene rings is 1. The van der Waals surface area contributed by atoms with E-state index in [0.29, 0.717) is 5.69 Å². The molecule has 134 valence electrons. The van der Waals surface area contributed by atoms with Crippen LogP contribution in [0.25, 0.3) is 0 Å². The number of ether oxygens (including phenoxy) is 1. The molecule has 1 heterocycles. The van der Waals surface area contributed by atoms with Gasteiger partial charge in [-0.15, -0.1) is 0 Å². The molecule has 2 rings (SSSR count). The van der Waals surface area contributed by atoms with Crippen LogP contribution < -0.4 is 5.32 Å². The van der Waals surface area contributed by atoms with Gasteiger partial charge in [0.25, 0.3) is 5.91 Å². The van der Waals surface area contributed by atoms with E-state index in [1.807, 2.05) is 44.2 Å². The Morgan fingerprint density at radius 3 is 2.40 bits per heavy atom. The van der Waals surface area contributed by atoms with Crippen molar-refractivity contribution >= 4 is 11.9 Å². The highest BCUT2D eigenvalue weighted by molar-refractivity contribution is 5.93. The Hall–Kier alpha value is -2.63. The second kappa shape index (κ2) is 8.46. The van der Waals surface area contributed by atoms with Gasteiger partial charge in [-0.2, -0.15) is 5.10 Å². The van der Waals surface area contributed by atoms with E-state index in [-0.39, 0.29) is 30.3 Å². The first-order chi connectivity index (χ1) is 11.9. The smallest absolute Gasteiger partial charge is 0.308 e. The van der Waals surface area contributed by atoms with E-state index in [1.165, 1.54) is 0 Å². The fraction of sp³-hybridized carbons (Fsp3) is 0.421. The molecule has 1 amide bonds. The maximum absolute atomic E-state index is 12.5. The van der Waals surface area contributed by atoms with Crippen LogP contribution >= 0.6 is 0 Å². The van der Waals surface area contributed by atoms with E-state index in [4.69, 9.17) is 4.74 Å². The van der Waals surface area contributed by atoms with Crippen molar-refractivity contribution in [2.45, 2.75) is 52.2 Å². The highest BCUT2D eigenvalue weighted by atomic mass is 16.5. The minimum absolute atomic E-state index is 0.0649. The molecule has 1 unspecified atom stereocenters. The van der Waals surface area contributed by atoms with Gasteiger partial charge in [-0.05, 0) is 31.4 Å². The molecule has 6 nitrogen and oxygen atoms in total. The van der Waals surface area contributed by atoms with Crippen molar-refractivity contribution in [1.29, 1.82) is 0 Å². The molecule has 0 aliphatic heterocycles. The SMILES string of the molecule is CC(C)OC(=O)CC(NC(=O)c1cc(C(C)C)[nH]n1)c1ccccc1. The molecular formula is C19H25N3O3. The van der Waals surface area contributed by atoms with Crippen LogP contribution in [-0.2, 0) is 9.53 Å². The maximum atomic E-state index is 12.5. The quantitative estimate of drug-likeness (QED) is 0.755. The topological polar surface area (TPSA) is 84.1 Å². The molecule has 0 saturated carbocycles. The summed E-state index contributed by atoms with van der Waals surface area (Å²) in [5.74, 6) is -0.427. The highest BCUT2D eigenvalue weighted by Crippen LogP contribution is 2.19. The van der Waals surface area contributed by atoms with Gasteiger partial charge in [-0.3, -0.25) is 14.7 Å². The van der Waals surface area contributed by atoms with Crippen LogP contribution in [0.5, 0.6) is 0 Å². The predicted octanol–water partition coefficient (Wildman–Crippen LogP) is 3.35. The number of hydrogen-bond acceptors (Lipinski definition) is 4. The van der Waals surface area contributed by atoms with Crippen molar-refractivity contribution < 1.29 is 14.3 Å². The number of nitrogens with zero attached hydrogens (tertiary/aromatic N) is 1. The summed E-state index contributed by atoms with van der Waals surface area (Å²) in [5.41, 5.74) is 2.04. The van der Waals surface area contributed by atoms with E-state index in [9.17, 15) is 9.59 Å². The molecular weight excluding hydrogens is 318 g/mol. The number of hydrogen-bond donors (Lipinski definition) is 2. The average molecular weight is 343 g/mol. The van der Waals surface area contributed by atoms with Gasteiger partial charge in [0.15, 0.2) is 0 Å². The lowest BCUT2D eigenvalue weighted by atomic mass is 10.0. The van der Waals surface area contributed by atoms with Gasteiger partial charge in [0.1, 0.15) is 5.69 Å². The molecule has 1 aromatic heterocycles. The lowest BCUT2D eigenvalue weighted by Gasteiger charge is -2.19. The molecule has 0 fully saturated rings. The van der Waals surface area contributed by atoms with Gasteiger partial charge in [0.2, 0.25) is 0 Å². The third kappa shape index (κ3) is 5.45. The van der Waals surface area contributed by atoms with E-state index in [1.54, 1.807) is 19.9 Å². The monoisotopic (exact) mass is 343 g/mol. The lowest BCUT2D eigenvalue weighted by Crippen LogP contribution is -2.31. The Bertz CT molecular complexity index is 708. The number of carbonyl (C=O) groups excluding carboxylic acids is 2. The van der Waals surface area contributed by atoms with Crippen molar-refractivity contribution in [1.82, 2.24) is 15.5 Å². The third-order valence-corrected chi connectivity index (χ3v) is 3.70.